The van der Waals surface area contributed by atoms with E-state index in [-0.39, 0.29) is 0 Å². The van der Waals surface area contributed by atoms with Gasteiger partial charge < -0.3 is 15.0 Å². The summed E-state index contributed by atoms with van der Waals surface area (Å²) in [7, 11) is 1.35. The Morgan fingerprint density at radius 3 is 2.69 bits per heavy atom. The molecule has 0 unspecified atom stereocenters. The van der Waals surface area contributed by atoms with Crippen LogP contribution in [0.3, 0.4) is 0 Å². The molecule has 0 bridgehead atoms. The number of methoxy groups -OCH3 is 1. The van der Waals surface area contributed by atoms with E-state index in [0.29, 0.717) is 34.8 Å². The molecule has 2 N–H and O–H groups in total. The molecule has 0 spiro atoms. The third kappa shape index (κ3) is 3.41. The van der Waals surface area contributed by atoms with Crippen LogP contribution in [0, 0.1) is 18.3 Å². The molecule has 0 fully saturated rings. The number of benzene rings is 1. The van der Waals surface area contributed by atoms with Crippen molar-refractivity contribution < 1.29 is 9.53 Å². The topological polar surface area (TPSA) is 108 Å². The van der Waals surface area contributed by atoms with Gasteiger partial charge in [-0.2, -0.15) is 5.26 Å². The first-order chi connectivity index (χ1) is 14.1. The number of hydrogen-bond acceptors (Lipinski definition) is 6. The summed E-state index contributed by atoms with van der Waals surface area (Å²) >= 11 is 0. The van der Waals surface area contributed by atoms with Crippen LogP contribution in [0.4, 0.5) is 5.82 Å². The average molecular weight is 386 g/mol. The van der Waals surface area contributed by atoms with E-state index in [1.54, 1.807) is 36.8 Å². The summed E-state index contributed by atoms with van der Waals surface area (Å²) in [5.74, 6) is 0.293. The highest BCUT2D eigenvalue weighted by Gasteiger charge is 2.19. The van der Waals surface area contributed by atoms with E-state index in [4.69, 9.17) is 15.0 Å². The summed E-state index contributed by atoms with van der Waals surface area (Å²) in [6.07, 6.45) is 3.32. The molecular weight excluding hydrogens is 368 g/mol. The van der Waals surface area contributed by atoms with E-state index in [9.17, 15) is 4.79 Å². The van der Waals surface area contributed by atoms with Gasteiger partial charge in [-0.25, -0.2) is 14.8 Å². The monoisotopic (exact) mass is 386 g/mol. The standard InChI is InChI=1S/C21H18N6O2/c1-13-18(25-12-24-13)19-20(23-10-15-5-3-14(9-22)4-6-15)27-11-16(21(28)29-2)7-8-17(27)26-19/h3-8,11-12,23H,10H2,1-2H3,(H,24,25). The predicted molar refractivity (Wildman–Crippen MR) is 107 cm³/mol. The SMILES string of the molecule is COC(=O)c1ccc2nc(-c3nc[nH]c3C)c(NCc3ccc(C#N)cc3)n2c1. The number of aryl methyl sites for hydroxylation is 1. The Kier molecular flexibility index (Phi) is 4.71. The van der Waals surface area contributed by atoms with Crippen molar-refractivity contribution in [1.82, 2.24) is 19.4 Å². The van der Waals surface area contributed by atoms with Crippen LogP contribution in [-0.2, 0) is 11.3 Å². The molecule has 0 aliphatic carbocycles. The molecule has 8 nitrogen and oxygen atoms in total. The normalized spacial score (nSPS) is 10.7. The van der Waals surface area contributed by atoms with Gasteiger partial charge in [0.15, 0.2) is 0 Å². The van der Waals surface area contributed by atoms with Crippen LogP contribution >= 0.6 is 0 Å². The largest absolute Gasteiger partial charge is 0.465 e. The number of pyridine rings is 1. The second kappa shape index (κ2) is 7.48. The number of esters is 1. The fourth-order valence-corrected chi connectivity index (χ4v) is 3.10. The fraction of sp³-hybridized carbons (Fsp3) is 0.143. The Balaban J connectivity index is 1.78. The minimum atomic E-state index is -0.420. The van der Waals surface area contributed by atoms with Crippen LogP contribution < -0.4 is 5.32 Å². The van der Waals surface area contributed by atoms with Crippen molar-refractivity contribution in [2.45, 2.75) is 13.5 Å². The minimum absolute atomic E-state index is 0.420. The molecule has 4 aromatic rings. The number of nitriles is 1. The number of nitrogens with zero attached hydrogens (tertiary/aromatic N) is 4. The van der Waals surface area contributed by atoms with Gasteiger partial charge >= 0.3 is 5.97 Å². The second-order valence-electron chi connectivity index (χ2n) is 6.48. The molecule has 0 aliphatic heterocycles. The Hall–Kier alpha value is -4.12. The maximum Gasteiger partial charge on any atom is 0.339 e. The first kappa shape index (κ1) is 18.3. The van der Waals surface area contributed by atoms with E-state index in [2.05, 4.69) is 21.4 Å². The Labute approximate surface area is 166 Å². The van der Waals surface area contributed by atoms with Gasteiger partial charge in [0.2, 0.25) is 0 Å². The fourth-order valence-electron chi connectivity index (χ4n) is 3.10. The highest BCUT2D eigenvalue weighted by Crippen LogP contribution is 2.30. The highest BCUT2D eigenvalue weighted by molar-refractivity contribution is 5.90. The van der Waals surface area contributed by atoms with Gasteiger partial charge in [-0.1, -0.05) is 12.1 Å². The van der Waals surface area contributed by atoms with Crippen molar-refractivity contribution in [2.24, 2.45) is 0 Å². The zero-order valence-electron chi connectivity index (χ0n) is 15.9. The number of imidazole rings is 2. The number of nitrogens with one attached hydrogen (secondary N) is 2. The van der Waals surface area contributed by atoms with Crippen molar-refractivity contribution in [3.05, 3.63) is 71.3 Å². The quantitative estimate of drug-likeness (QED) is 0.510. The molecule has 3 heterocycles. The summed E-state index contributed by atoms with van der Waals surface area (Å²) in [6, 6.07) is 12.9. The molecule has 0 saturated carbocycles. The van der Waals surface area contributed by atoms with E-state index >= 15 is 0 Å². The predicted octanol–water partition coefficient (Wildman–Crippen LogP) is 3.30. The molecule has 3 aromatic heterocycles. The number of hydrogen-bond donors (Lipinski definition) is 2. The molecule has 0 saturated heterocycles. The molecule has 144 valence electrons. The lowest BCUT2D eigenvalue weighted by Gasteiger charge is -2.09. The highest BCUT2D eigenvalue weighted by atomic mass is 16.5. The number of anilines is 1. The van der Waals surface area contributed by atoms with Crippen LogP contribution in [0.1, 0.15) is 27.2 Å². The molecule has 29 heavy (non-hydrogen) atoms. The van der Waals surface area contributed by atoms with Crippen molar-refractivity contribution in [3.8, 4) is 17.5 Å². The van der Waals surface area contributed by atoms with E-state index in [1.807, 2.05) is 23.5 Å². The summed E-state index contributed by atoms with van der Waals surface area (Å²) in [5.41, 5.74) is 5.02. The van der Waals surface area contributed by atoms with Crippen LogP contribution in [-0.4, -0.2) is 32.4 Å². The minimum Gasteiger partial charge on any atom is -0.465 e. The first-order valence-corrected chi connectivity index (χ1v) is 8.94. The Morgan fingerprint density at radius 1 is 1.24 bits per heavy atom. The van der Waals surface area contributed by atoms with Crippen LogP contribution in [0.2, 0.25) is 0 Å². The third-order valence-electron chi connectivity index (χ3n) is 4.64. The number of carbonyl (C=O) groups is 1. The lowest BCUT2D eigenvalue weighted by atomic mass is 10.1. The third-order valence-corrected chi connectivity index (χ3v) is 4.64. The first-order valence-electron chi connectivity index (χ1n) is 8.94. The zero-order valence-corrected chi connectivity index (χ0v) is 15.9. The number of fused-ring (bicyclic) bond motifs is 1. The number of ether oxygens (including phenoxy) is 1. The van der Waals surface area contributed by atoms with E-state index in [0.717, 1.165) is 17.0 Å². The van der Waals surface area contributed by atoms with Crippen LogP contribution in [0.15, 0.2) is 48.9 Å². The number of carbonyl (C=O) groups excluding carboxylic acids is 1. The van der Waals surface area contributed by atoms with Gasteiger partial charge in [0, 0.05) is 18.4 Å². The maximum atomic E-state index is 12.0. The van der Waals surface area contributed by atoms with Gasteiger partial charge in [0.25, 0.3) is 0 Å². The maximum absolute atomic E-state index is 12.0. The smallest absolute Gasteiger partial charge is 0.339 e. The van der Waals surface area contributed by atoms with Crippen molar-refractivity contribution >= 4 is 17.4 Å². The van der Waals surface area contributed by atoms with Gasteiger partial charge in [0.1, 0.15) is 22.9 Å². The van der Waals surface area contributed by atoms with Gasteiger partial charge in [-0.05, 0) is 36.8 Å². The Morgan fingerprint density at radius 2 is 2.03 bits per heavy atom. The molecule has 0 amide bonds. The molecule has 0 atom stereocenters. The molecule has 8 heteroatoms. The average Bonchev–Trinajstić information content (AvgIpc) is 3.34. The lowest BCUT2D eigenvalue weighted by Crippen LogP contribution is -2.06. The van der Waals surface area contributed by atoms with Crippen molar-refractivity contribution in [3.63, 3.8) is 0 Å². The van der Waals surface area contributed by atoms with Crippen molar-refractivity contribution in [2.75, 3.05) is 12.4 Å². The molecular formula is C21H18N6O2. The van der Waals surface area contributed by atoms with Crippen LogP contribution in [0.25, 0.3) is 17.0 Å². The Bertz CT molecular complexity index is 1230. The number of aromatic nitrogens is 4. The number of rotatable bonds is 5. The molecule has 4 rings (SSSR count). The van der Waals surface area contributed by atoms with E-state index in [1.165, 1.54) is 7.11 Å². The molecule has 0 radical (unpaired) electrons. The van der Waals surface area contributed by atoms with Gasteiger partial charge in [-0.3, -0.25) is 4.40 Å². The summed E-state index contributed by atoms with van der Waals surface area (Å²) < 4.78 is 6.66. The van der Waals surface area contributed by atoms with Gasteiger partial charge in [0.05, 0.1) is 30.6 Å². The molecule has 0 aliphatic rings. The second-order valence-corrected chi connectivity index (χ2v) is 6.48. The summed E-state index contributed by atoms with van der Waals surface area (Å²) in [6.45, 7) is 2.44. The van der Waals surface area contributed by atoms with Crippen LogP contribution in [0.5, 0.6) is 0 Å². The lowest BCUT2D eigenvalue weighted by molar-refractivity contribution is 0.0600. The van der Waals surface area contributed by atoms with Gasteiger partial charge in [-0.15, -0.1) is 0 Å². The zero-order chi connectivity index (χ0) is 20.4. The number of H-pyrrole nitrogens is 1. The summed E-state index contributed by atoms with van der Waals surface area (Å²) in [5, 5.41) is 12.4. The summed E-state index contributed by atoms with van der Waals surface area (Å²) in [4.78, 5) is 24.1. The van der Waals surface area contributed by atoms with Crippen molar-refractivity contribution in [1.29, 1.82) is 5.26 Å². The number of aromatic amines is 1. The molecule has 1 aromatic carbocycles. The van der Waals surface area contributed by atoms with E-state index < -0.39 is 5.97 Å².